The van der Waals surface area contributed by atoms with E-state index in [1.807, 2.05) is 42.5 Å². The average Bonchev–Trinajstić information content (AvgIpc) is 3.32. The van der Waals surface area contributed by atoms with Gasteiger partial charge >= 0.3 is 0 Å². The molecule has 1 saturated heterocycles. The van der Waals surface area contributed by atoms with Gasteiger partial charge in [0.05, 0.1) is 24.2 Å². The third-order valence-electron chi connectivity index (χ3n) is 5.49. The predicted octanol–water partition coefficient (Wildman–Crippen LogP) is 4.52. The zero-order valence-electron chi connectivity index (χ0n) is 16.7. The van der Waals surface area contributed by atoms with Crippen molar-refractivity contribution in [3.05, 3.63) is 71.6 Å². The van der Waals surface area contributed by atoms with Gasteiger partial charge in [-0.2, -0.15) is 0 Å². The van der Waals surface area contributed by atoms with Crippen molar-refractivity contribution < 1.29 is 14.0 Å². The Balaban J connectivity index is 1.31. The SMILES string of the molecule is O=C(c1ccco1)N1CCN(CC(=O)N2c3ccccc3Sc3ccc(Cl)cc32)CC1. The van der Waals surface area contributed by atoms with Crippen molar-refractivity contribution in [2.75, 3.05) is 37.6 Å². The highest BCUT2D eigenvalue weighted by Crippen LogP contribution is 2.48. The molecule has 0 spiro atoms. The first-order valence-electron chi connectivity index (χ1n) is 10.0. The van der Waals surface area contributed by atoms with E-state index in [9.17, 15) is 9.59 Å². The first kappa shape index (κ1) is 20.2. The summed E-state index contributed by atoms with van der Waals surface area (Å²) in [6.45, 7) is 2.65. The van der Waals surface area contributed by atoms with E-state index in [1.54, 1.807) is 33.7 Å². The molecular weight excluding hydrogens is 434 g/mol. The molecular formula is C23H20ClN3O3S. The van der Waals surface area contributed by atoms with Crippen LogP contribution in [0.15, 0.2) is 75.1 Å². The van der Waals surface area contributed by atoms with Gasteiger partial charge in [-0.05, 0) is 42.5 Å². The van der Waals surface area contributed by atoms with Crippen LogP contribution in [-0.4, -0.2) is 54.3 Å². The van der Waals surface area contributed by atoms with Crippen molar-refractivity contribution >= 4 is 46.6 Å². The Labute approximate surface area is 189 Å². The molecule has 158 valence electrons. The minimum absolute atomic E-state index is 0.0120. The molecule has 2 aliphatic heterocycles. The Hall–Kier alpha value is -2.74. The van der Waals surface area contributed by atoms with Crippen molar-refractivity contribution in [1.82, 2.24) is 9.80 Å². The summed E-state index contributed by atoms with van der Waals surface area (Å²) in [7, 11) is 0. The Morgan fingerprint density at radius 3 is 2.48 bits per heavy atom. The second kappa shape index (κ2) is 8.42. The normalized spacial score (nSPS) is 16.0. The average molecular weight is 454 g/mol. The van der Waals surface area contributed by atoms with Gasteiger partial charge < -0.3 is 9.32 Å². The van der Waals surface area contributed by atoms with Gasteiger partial charge in [-0.25, -0.2) is 0 Å². The lowest BCUT2D eigenvalue weighted by molar-refractivity contribution is -0.119. The topological polar surface area (TPSA) is 57.0 Å². The highest BCUT2D eigenvalue weighted by atomic mass is 35.5. The van der Waals surface area contributed by atoms with Crippen molar-refractivity contribution in [3.63, 3.8) is 0 Å². The summed E-state index contributed by atoms with van der Waals surface area (Å²) in [5.74, 6) is 0.226. The molecule has 1 aromatic heterocycles. The van der Waals surface area contributed by atoms with Crippen molar-refractivity contribution in [2.24, 2.45) is 0 Å². The number of furan rings is 1. The van der Waals surface area contributed by atoms with Gasteiger partial charge in [0.1, 0.15) is 0 Å². The first-order chi connectivity index (χ1) is 15.1. The van der Waals surface area contributed by atoms with Crippen LogP contribution in [0.4, 0.5) is 11.4 Å². The molecule has 0 saturated carbocycles. The fraction of sp³-hybridized carbons (Fsp3) is 0.217. The van der Waals surface area contributed by atoms with Gasteiger partial charge in [-0.15, -0.1) is 0 Å². The molecule has 2 aliphatic rings. The molecule has 5 rings (SSSR count). The Kier molecular flexibility index (Phi) is 5.48. The van der Waals surface area contributed by atoms with Crippen molar-refractivity contribution in [1.29, 1.82) is 0 Å². The van der Waals surface area contributed by atoms with Gasteiger partial charge in [0.2, 0.25) is 5.91 Å². The van der Waals surface area contributed by atoms with Crippen molar-refractivity contribution in [3.8, 4) is 0 Å². The first-order valence-corrected chi connectivity index (χ1v) is 11.2. The Morgan fingerprint density at radius 2 is 1.71 bits per heavy atom. The summed E-state index contributed by atoms with van der Waals surface area (Å²) in [5, 5.41) is 0.599. The second-order valence-corrected chi connectivity index (χ2v) is 8.98. The number of piperazine rings is 1. The predicted molar refractivity (Wildman–Crippen MR) is 120 cm³/mol. The van der Waals surface area contributed by atoms with Crippen LogP contribution in [0.1, 0.15) is 10.6 Å². The van der Waals surface area contributed by atoms with Gasteiger partial charge in [0.25, 0.3) is 5.91 Å². The Morgan fingerprint density at radius 1 is 0.935 bits per heavy atom. The van der Waals surface area contributed by atoms with E-state index in [1.165, 1.54) is 6.26 Å². The molecule has 0 bridgehead atoms. The minimum atomic E-state index is -0.110. The summed E-state index contributed by atoms with van der Waals surface area (Å²) >= 11 is 7.89. The molecule has 0 aliphatic carbocycles. The number of fused-ring (bicyclic) bond motifs is 2. The van der Waals surface area contributed by atoms with Crippen LogP contribution in [0, 0.1) is 0 Å². The molecule has 0 N–H and O–H groups in total. The monoisotopic (exact) mass is 453 g/mol. The minimum Gasteiger partial charge on any atom is -0.459 e. The van der Waals surface area contributed by atoms with E-state index < -0.39 is 0 Å². The summed E-state index contributed by atoms with van der Waals surface area (Å²) in [5.41, 5.74) is 1.69. The summed E-state index contributed by atoms with van der Waals surface area (Å²) in [4.78, 5) is 33.6. The van der Waals surface area contributed by atoms with E-state index >= 15 is 0 Å². The fourth-order valence-electron chi connectivity index (χ4n) is 3.92. The number of nitrogens with zero attached hydrogens (tertiary/aromatic N) is 3. The molecule has 2 amide bonds. The lowest BCUT2D eigenvalue weighted by Gasteiger charge is -2.36. The molecule has 0 atom stereocenters. The quantitative estimate of drug-likeness (QED) is 0.583. The number of benzene rings is 2. The number of halogens is 1. The van der Waals surface area contributed by atoms with Gasteiger partial charge in [-0.3, -0.25) is 19.4 Å². The molecule has 1 fully saturated rings. The maximum Gasteiger partial charge on any atom is 0.289 e. The lowest BCUT2D eigenvalue weighted by Crippen LogP contribution is -2.51. The van der Waals surface area contributed by atoms with E-state index in [2.05, 4.69) is 4.90 Å². The van der Waals surface area contributed by atoms with E-state index in [0.717, 1.165) is 21.2 Å². The van der Waals surface area contributed by atoms with Crippen LogP contribution in [-0.2, 0) is 4.79 Å². The standard InChI is InChI=1S/C23H20ClN3O3S/c24-16-7-8-21-18(14-16)27(17-4-1-2-6-20(17)31-21)22(28)15-25-9-11-26(12-10-25)23(29)19-5-3-13-30-19/h1-8,13-14H,9-12,15H2. The zero-order chi connectivity index (χ0) is 21.4. The van der Waals surface area contributed by atoms with Crippen LogP contribution in [0.3, 0.4) is 0 Å². The van der Waals surface area contributed by atoms with Crippen LogP contribution < -0.4 is 4.90 Å². The maximum atomic E-state index is 13.4. The molecule has 31 heavy (non-hydrogen) atoms. The van der Waals surface area contributed by atoms with E-state index in [0.29, 0.717) is 37.0 Å². The molecule has 0 radical (unpaired) electrons. The van der Waals surface area contributed by atoms with Crippen LogP contribution in [0.5, 0.6) is 0 Å². The van der Waals surface area contributed by atoms with Crippen LogP contribution in [0.25, 0.3) is 0 Å². The number of carbonyl (C=O) groups is 2. The second-order valence-electron chi connectivity index (χ2n) is 7.46. The number of rotatable bonds is 3. The number of para-hydroxylation sites is 1. The molecule has 2 aromatic carbocycles. The zero-order valence-corrected chi connectivity index (χ0v) is 18.2. The van der Waals surface area contributed by atoms with Gasteiger partial charge in [0.15, 0.2) is 5.76 Å². The lowest BCUT2D eigenvalue weighted by atomic mass is 10.2. The molecule has 0 unspecified atom stereocenters. The number of amides is 2. The van der Waals surface area contributed by atoms with E-state index in [-0.39, 0.29) is 18.4 Å². The largest absolute Gasteiger partial charge is 0.459 e. The third kappa shape index (κ3) is 3.96. The molecule has 3 heterocycles. The summed E-state index contributed by atoms with van der Waals surface area (Å²) < 4.78 is 5.22. The van der Waals surface area contributed by atoms with Crippen molar-refractivity contribution in [2.45, 2.75) is 9.79 Å². The molecule has 6 nitrogen and oxygen atoms in total. The molecule has 3 aromatic rings. The molecule has 8 heteroatoms. The Bertz CT molecular complexity index is 1130. The maximum absolute atomic E-state index is 13.4. The number of hydrogen-bond acceptors (Lipinski definition) is 5. The third-order valence-corrected chi connectivity index (χ3v) is 6.85. The fourth-order valence-corrected chi connectivity index (χ4v) is 5.13. The van der Waals surface area contributed by atoms with Gasteiger partial charge in [-0.1, -0.05) is 35.5 Å². The van der Waals surface area contributed by atoms with Crippen LogP contribution >= 0.6 is 23.4 Å². The summed E-state index contributed by atoms with van der Waals surface area (Å²) in [6.07, 6.45) is 1.50. The number of hydrogen-bond donors (Lipinski definition) is 0. The number of carbonyl (C=O) groups excluding carboxylic acids is 2. The smallest absolute Gasteiger partial charge is 0.289 e. The highest BCUT2D eigenvalue weighted by molar-refractivity contribution is 7.99. The summed E-state index contributed by atoms with van der Waals surface area (Å²) in [6, 6.07) is 16.9. The van der Waals surface area contributed by atoms with Gasteiger partial charge in [0, 0.05) is 41.0 Å². The highest BCUT2D eigenvalue weighted by Gasteiger charge is 2.31. The number of anilines is 2. The van der Waals surface area contributed by atoms with Crippen LogP contribution in [0.2, 0.25) is 5.02 Å². The van der Waals surface area contributed by atoms with E-state index in [4.69, 9.17) is 16.0 Å².